The predicted octanol–water partition coefficient (Wildman–Crippen LogP) is 5.34. The Morgan fingerprint density at radius 2 is 1.51 bits per heavy atom. The van der Waals surface area contributed by atoms with Crippen molar-refractivity contribution in [2.75, 3.05) is 40.0 Å². The van der Waals surface area contributed by atoms with E-state index in [0.29, 0.717) is 12.8 Å². The van der Waals surface area contributed by atoms with Gasteiger partial charge < -0.3 is 25.9 Å². The average Bonchev–Trinajstić information content (AvgIpc) is 3.42. The highest BCUT2D eigenvalue weighted by atomic mass is 32.2. The van der Waals surface area contributed by atoms with Gasteiger partial charge in [0.05, 0.1) is 23.6 Å². The number of urea groups is 1. The molecule has 45 heavy (non-hydrogen) atoms. The summed E-state index contributed by atoms with van der Waals surface area (Å²) in [4.78, 5) is 46.7. The molecule has 4 N–H and O–H groups in total. The van der Waals surface area contributed by atoms with Gasteiger partial charge in [-0.05, 0) is 44.8 Å². The minimum absolute atomic E-state index is 0.0156. The summed E-state index contributed by atoms with van der Waals surface area (Å²) in [5.41, 5.74) is -0.174. The second-order valence-corrected chi connectivity index (χ2v) is 12.9. The van der Waals surface area contributed by atoms with Crippen molar-refractivity contribution in [3.05, 3.63) is 12.7 Å². The van der Waals surface area contributed by atoms with Crippen molar-refractivity contribution in [1.29, 1.82) is 0 Å². The van der Waals surface area contributed by atoms with Crippen LogP contribution < -0.4 is 16.0 Å². The lowest BCUT2D eigenvalue weighted by Crippen LogP contribution is -2.53. The van der Waals surface area contributed by atoms with Crippen LogP contribution in [0.15, 0.2) is 12.7 Å². The standard InChI is InChI=1S/C12H20N2O3.C11H23N3O3S.C4H10.3C2H6/c1-4-8(2)10(12(16)17)13-11(15)9-6-5-7-14(9)3;1-11(2,3)9(8-14(4)18(5)17)13-10(16)12-6-7-15;1-4(2)3;3*1-2/h4,8-10H,1,5-7H2,2-3H3,(H,13,15)(H,16,17);7,9H,6,8H2,1-5H3,(H2,12,13,16);4H,1-3H3;3*1-2H3/t8?,9-,10?;;;;;/m0...../s1. The molecule has 0 aromatic rings. The van der Waals surface area contributed by atoms with E-state index in [-0.39, 0.29) is 35.9 Å². The average molecular weight is 666 g/mol. The summed E-state index contributed by atoms with van der Waals surface area (Å²) in [5, 5.41) is 16.9. The lowest BCUT2D eigenvalue weighted by atomic mass is 9.87. The van der Waals surface area contributed by atoms with E-state index in [4.69, 9.17) is 5.11 Å². The molecule has 1 heterocycles. The van der Waals surface area contributed by atoms with Gasteiger partial charge in [0.25, 0.3) is 0 Å². The molecule has 0 aromatic heterocycles. The number of amides is 3. The molecule has 5 atom stereocenters. The van der Waals surface area contributed by atoms with Crippen molar-refractivity contribution in [1.82, 2.24) is 25.2 Å². The molecule has 1 aliphatic rings. The zero-order chi connectivity index (χ0) is 36.9. The Kier molecular flexibility index (Phi) is 36.8. The second kappa shape index (κ2) is 31.7. The van der Waals surface area contributed by atoms with Gasteiger partial charge in [-0.1, -0.05) is 96.1 Å². The molecule has 4 unspecified atom stereocenters. The maximum absolute atomic E-state index is 11.9. The minimum atomic E-state index is -1.08. The number of carboxylic acid groups (broad SMARTS) is 1. The molecule has 1 aliphatic heterocycles. The van der Waals surface area contributed by atoms with Crippen molar-refractivity contribution in [3.63, 3.8) is 0 Å². The van der Waals surface area contributed by atoms with Crippen LogP contribution in [0.2, 0.25) is 0 Å². The number of nitrogens with zero attached hydrogens (tertiary/aromatic N) is 2. The number of likely N-dealkylation sites (tertiary alicyclic amines) is 1. The normalized spacial score (nSPS) is 16.3. The second-order valence-electron chi connectivity index (χ2n) is 11.5. The zero-order valence-electron chi connectivity index (χ0n) is 31.6. The number of carbonyl (C=O) groups excluding carboxylic acids is 3. The summed E-state index contributed by atoms with van der Waals surface area (Å²) < 4.78 is 13.0. The molecule has 0 aliphatic carbocycles. The molecule has 0 bridgehead atoms. The maximum Gasteiger partial charge on any atom is 0.326 e. The molecule has 1 saturated heterocycles. The monoisotopic (exact) mass is 666 g/mol. The highest BCUT2D eigenvalue weighted by Gasteiger charge is 2.32. The Labute approximate surface area is 279 Å². The van der Waals surface area contributed by atoms with Crippen molar-refractivity contribution < 1.29 is 28.5 Å². The van der Waals surface area contributed by atoms with Gasteiger partial charge >= 0.3 is 12.0 Å². The Bertz CT molecular complexity index is 802. The number of aldehydes is 1. The van der Waals surface area contributed by atoms with E-state index in [1.807, 2.05) is 74.3 Å². The first-order valence-electron chi connectivity index (χ1n) is 16.3. The van der Waals surface area contributed by atoms with E-state index in [2.05, 4.69) is 43.3 Å². The quantitative estimate of drug-likeness (QED) is 0.172. The number of carbonyl (C=O) groups is 4. The Morgan fingerprint density at radius 3 is 1.82 bits per heavy atom. The molecular formula is C33H71N5O6S. The van der Waals surface area contributed by atoms with Gasteiger partial charge in [0, 0.05) is 24.8 Å². The third-order valence-corrected chi connectivity index (χ3v) is 6.89. The summed E-state index contributed by atoms with van der Waals surface area (Å²) in [5.74, 6) is -0.680. The molecule has 270 valence electrons. The van der Waals surface area contributed by atoms with Gasteiger partial charge in [-0.3, -0.25) is 9.69 Å². The first-order chi connectivity index (χ1) is 20.9. The lowest BCUT2D eigenvalue weighted by Gasteiger charge is -2.33. The van der Waals surface area contributed by atoms with Crippen LogP contribution in [0.3, 0.4) is 0 Å². The number of rotatable bonds is 11. The zero-order valence-corrected chi connectivity index (χ0v) is 32.4. The van der Waals surface area contributed by atoms with E-state index in [9.17, 15) is 23.4 Å². The van der Waals surface area contributed by atoms with Crippen molar-refractivity contribution in [2.45, 2.75) is 121 Å². The lowest BCUT2D eigenvalue weighted by molar-refractivity contribution is -0.143. The van der Waals surface area contributed by atoms with E-state index >= 15 is 0 Å². The SMILES string of the molecule is C=CC(C)C(NC(=O)[C@@H]1CCCN1C)C(=O)O.CC.CC.CC.CC(C)C.CN(CC(NC(=O)NCC=O)C(C)(C)C)S(C)=O. The van der Waals surface area contributed by atoms with Gasteiger partial charge in [-0.25, -0.2) is 18.1 Å². The molecule has 0 saturated carbocycles. The van der Waals surface area contributed by atoms with Gasteiger partial charge in [-0.15, -0.1) is 6.58 Å². The van der Waals surface area contributed by atoms with Crippen LogP contribution in [0.1, 0.15) is 103 Å². The molecule has 1 rings (SSSR count). The fourth-order valence-corrected chi connectivity index (χ4v) is 3.65. The fraction of sp³-hybridized carbons (Fsp3) is 0.818. The van der Waals surface area contributed by atoms with Crippen LogP contribution in [0, 0.1) is 17.3 Å². The molecule has 0 aromatic carbocycles. The van der Waals surface area contributed by atoms with Crippen LogP contribution in [-0.2, 0) is 25.4 Å². The number of hydrogen-bond acceptors (Lipinski definition) is 6. The maximum atomic E-state index is 11.9. The summed E-state index contributed by atoms with van der Waals surface area (Å²) in [6.07, 6.45) is 5.52. The topological polar surface area (TPSA) is 148 Å². The first kappa shape index (κ1) is 52.2. The Morgan fingerprint density at radius 1 is 1.04 bits per heavy atom. The third kappa shape index (κ3) is 28.9. The van der Waals surface area contributed by atoms with Crippen LogP contribution in [0.25, 0.3) is 0 Å². The minimum Gasteiger partial charge on any atom is -0.480 e. The van der Waals surface area contributed by atoms with Crippen LogP contribution in [0.5, 0.6) is 0 Å². The van der Waals surface area contributed by atoms with E-state index in [1.54, 1.807) is 24.5 Å². The van der Waals surface area contributed by atoms with Crippen molar-refractivity contribution in [2.24, 2.45) is 17.3 Å². The van der Waals surface area contributed by atoms with Gasteiger partial charge in [-0.2, -0.15) is 0 Å². The molecule has 3 amide bonds. The molecule has 11 nitrogen and oxygen atoms in total. The summed E-state index contributed by atoms with van der Waals surface area (Å²) in [6.45, 7) is 31.1. The third-order valence-electron chi connectivity index (χ3n) is 5.86. The number of nitrogens with one attached hydrogen (secondary N) is 3. The summed E-state index contributed by atoms with van der Waals surface area (Å²) >= 11 is 0. The number of hydrogen-bond donors (Lipinski definition) is 4. The smallest absolute Gasteiger partial charge is 0.326 e. The molecule has 0 spiro atoms. The number of aliphatic carboxylic acids is 1. The fourth-order valence-electron chi connectivity index (χ4n) is 3.29. The van der Waals surface area contributed by atoms with Gasteiger partial charge in [0.1, 0.15) is 12.3 Å². The Hall–Kier alpha value is -2.31. The summed E-state index contributed by atoms with van der Waals surface area (Å²) in [6, 6.07) is -1.65. The molecule has 12 heteroatoms. The van der Waals surface area contributed by atoms with Gasteiger partial charge in [0.2, 0.25) is 5.91 Å². The largest absolute Gasteiger partial charge is 0.480 e. The molecular weight excluding hydrogens is 594 g/mol. The highest BCUT2D eigenvalue weighted by Crippen LogP contribution is 2.20. The number of carboxylic acids is 1. The Balaban J connectivity index is -0.000000184. The number of likely N-dealkylation sites (N-methyl/N-ethyl adjacent to an activating group) is 2. The van der Waals surface area contributed by atoms with Crippen molar-refractivity contribution in [3.8, 4) is 0 Å². The highest BCUT2D eigenvalue weighted by molar-refractivity contribution is 7.81. The first-order valence-corrected chi connectivity index (χ1v) is 17.8. The van der Waals surface area contributed by atoms with E-state index in [1.165, 1.54) is 6.08 Å². The van der Waals surface area contributed by atoms with Gasteiger partial charge in [0.15, 0.2) is 0 Å². The molecule has 1 fully saturated rings. The predicted molar refractivity (Wildman–Crippen MR) is 192 cm³/mol. The molecule has 0 radical (unpaired) electrons. The van der Waals surface area contributed by atoms with Crippen LogP contribution >= 0.6 is 0 Å². The van der Waals surface area contributed by atoms with E-state index < -0.39 is 29.0 Å². The van der Waals surface area contributed by atoms with E-state index in [0.717, 1.165) is 25.3 Å². The van der Waals surface area contributed by atoms with Crippen LogP contribution in [-0.4, -0.2) is 101 Å². The van der Waals surface area contributed by atoms with Crippen LogP contribution in [0.4, 0.5) is 4.79 Å². The summed E-state index contributed by atoms with van der Waals surface area (Å²) in [7, 11) is 2.53. The van der Waals surface area contributed by atoms with Crippen molar-refractivity contribution >= 4 is 35.2 Å².